The molecule has 0 bridgehead atoms. The maximum absolute atomic E-state index is 11.3. The number of aliphatic carboxylic acids is 2. The second kappa shape index (κ2) is 4.47. The fourth-order valence-electron chi connectivity index (χ4n) is 2.27. The normalized spacial score (nSPS) is 30.1. The van der Waals surface area contributed by atoms with Crippen molar-refractivity contribution < 1.29 is 19.8 Å². The summed E-state index contributed by atoms with van der Waals surface area (Å²) >= 11 is 0. The van der Waals surface area contributed by atoms with Crippen molar-refractivity contribution in [1.29, 1.82) is 0 Å². The largest absolute Gasteiger partial charge is 0.481 e. The number of hydrogen-bond donors (Lipinski definition) is 2. The lowest BCUT2D eigenvalue weighted by molar-refractivity contribution is -0.160. The standard InChI is InChI=1S/C11H16O4/c1-2-6-11(10(14)15)7-4-3-5-8(11)9(12)13/h4,7-8H,2-3,5-6H2,1H3,(H,12,13)(H,14,15). The molecule has 1 rings (SSSR count). The first-order chi connectivity index (χ1) is 7.04. The average molecular weight is 212 g/mol. The Kier molecular flexibility index (Phi) is 3.50. The van der Waals surface area contributed by atoms with Gasteiger partial charge in [-0.1, -0.05) is 25.5 Å². The predicted octanol–water partition coefficient (Wildman–Crippen LogP) is 1.91. The summed E-state index contributed by atoms with van der Waals surface area (Å²) in [5, 5.41) is 18.3. The van der Waals surface area contributed by atoms with Gasteiger partial charge in [0.15, 0.2) is 0 Å². The first kappa shape index (κ1) is 11.8. The van der Waals surface area contributed by atoms with E-state index in [-0.39, 0.29) is 0 Å². The van der Waals surface area contributed by atoms with E-state index in [2.05, 4.69) is 0 Å². The van der Waals surface area contributed by atoms with Gasteiger partial charge in [0.25, 0.3) is 0 Å². The van der Waals surface area contributed by atoms with Crippen molar-refractivity contribution in [3.63, 3.8) is 0 Å². The third-order valence-corrected chi connectivity index (χ3v) is 3.02. The summed E-state index contributed by atoms with van der Waals surface area (Å²) in [6, 6.07) is 0. The molecule has 84 valence electrons. The number of hydrogen-bond acceptors (Lipinski definition) is 2. The Hall–Kier alpha value is -1.32. The minimum Gasteiger partial charge on any atom is -0.481 e. The molecule has 0 aromatic carbocycles. The Morgan fingerprint density at radius 1 is 1.47 bits per heavy atom. The smallest absolute Gasteiger partial charge is 0.314 e. The number of carboxylic acid groups (broad SMARTS) is 2. The molecule has 0 amide bonds. The Balaban J connectivity index is 3.09. The van der Waals surface area contributed by atoms with Crippen molar-refractivity contribution in [2.75, 3.05) is 0 Å². The van der Waals surface area contributed by atoms with Crippen LogP contribution in [0.3, 0.4) is 0 Å². The summed E-state index contributed by atoms with van der Waals surface area (Å²) in [6.45, 7) is 1.87. The summed E-state index contributed by atoms with van der Waals surface area (Å²) in [7, 11) is 0. The van der Waals surface area contributed by atoms with Gasteiger partial charge in [0.05, 0.1) is 11.3 Å². The molecule has 1 aliphatic carbocycles. The highest BCUT2D eigenvalue weighted by Gasteiger charge is 2.47. The first-order valence-corrected chi connectivity index (χ1v) is 5.18. The molecule has 1 aliphatic rings. The summed E-state index contributed by atoms with van der Waals surface area (Å²) in [4.78, 5) is 22.3. The van der Waals surface area contributed by atoms with E-state index in [0.29, 0.717) is 25.7 Å². The molecule has 0 aromatic rings. The molecule has 0 saturated carbocycles. The van der Waals surface area contributed by atoms with Gasteiger partial charge in [0, 0.05) is 0 Å². The van der Waals surface area contributed by atoms with Crippen LogP contribution in [0.15, 0.2) is 12.2 Å². The van der Waals surface area contributed by atoms with Gasteiger partial charge in [-0.15, -0.1) is 0 Å². The van der Waals surface area contributed by atoms with E-state index >= 15 is 0 Å². The maximum Gasteiger partial charge on any atom is 0.314 e. The highest BCUT2D eigenvalue weighted by Crippen LogP contribution is 2.41. The molecular weight excluding hydrogens is 196 g/mol. The van der Waals surface area contributed by atoms with Gasteiger partial charge in [-0.05, 0) is 19.3 Å². The molecule has 2 unspecified atom stereocenters. The fraction of sp³-hybridized carbons (Fsp3) is 0.636. The molecule has 0 aliphatic heterocycles. The maximum atomic E-state index is 11.3. The van der Waals surface area contributed by atoms with Gasteiger partial charge >= 0.3 is 11.9 Å². The van der Waals surface area contributed by atoms with Gasteiger partial charge in [0.1, 0.15) is 0 Å². The number of rotatable bonds is 4. The molecule has 4 nitrogen and oxygen atoms in total. The Bertz CT molecular complexity index is 295. The molecular formula is C11H16O4. The monoisotopic (exact) mass is 212 g/mol. The Morgan fingerprint density at radius 3 is 2.60 bits per heavy atom. The van der Waals surface area contributed by atoms with Crippen molar-refractivity contribution in [2.24, 2.45) is 11.3 Å². The van der Waals surface area contributed by atoms with Gasteiger partial charge in [0.2, 0.25) is 0 Å². The van der Waals surface area contributed by atoms with Crippen LogP contribution >= 0.6 is 0 Å². The molecule has 0 saturated heterocycles. The van der Waals surface area contributed by atoms with Crippen LogP contribution in [0.5, 0.6) is 0 Å². The molecule has 0 spiro atoms. The lowest BCUT2D eigenvalue weighted by Crippen LogP contribution is -2.42. The van der Waals surface area contributed by atoms with Crippen molar-refractivity contribution >= 4 is 11.9 Å². The fourth-order valence-corrected chi connectivity index (χ4v) is 2.27. The minimum atomic E-state index is -1.20. The van der Waals surface area contributed by atoms with E-state index in [1.54, 1.807) is 12.2 Å². The average Bonchev–Trinajstić information content (AvgIpc) is 2.18. The lowest BCUT2D eigenvalue weighted by Gasteiger charge is -2.34. The van der Waals surface area contributed by atoms with Crippen LogP contribution < -0.4 is 0 Å². The second-order valence-corrected chi connectivity index (χ2v) is 3.97. The zero-order valence-electron chi connectivity index (χ0n) is 8.77. The van der Waals surface area contributed by atoms with E-state index in [4.69, 9.17) is 5.11 Å². The SMILES string of the molecule is CCCC1(C(=O)O)C=CCCC1C(=O)O. The molecule has 0 fully saturated rings. The van der Waals surface area contributed by atoms with Crippen molar-refractivity contribution in [3.05, 3.63) is 12.2 Å². The van der Waals surface area contributed by atoms with Crippen LogP contribution in [-0.4, -0.2) is 22.2 Å². The van der Waals surface area contributed by atoms with E-state index in [0.717, 1.165) is 0 Å². The van der Waals surface area contributed by atoms with Gasteiger partial charge < -0.3 is 10.2 Å². The predicted molar refractivity (Wildman–Crippen MR) is 54.5 cm³/mol. The van der Waals surface area contributed by atoms with Crippen LogP contribution in [0.4, 0.5) is 0 Å². The third-order valence-electron chi connectivity index (χ3n) is 3.02. The first-order valence-electron chi connectivity index (χ1n) is 5.18. The molecule has 15 heavy (non-hydrogen) atoms. The number of allylic oxidation sites excluding steroid dienone is 1. The summed E-state index contributed by atoms with van der Waals surface area (Å²) in [5.41, 5.74) is -1.20. The van der Waals surface area contributed by atoms with Crippen LogP contribution in [0.2, 0.25) is 0 Å². The zero-order valence-corrected chi connectivity index (χ0v) is 8.77. The topological polar surface area (TPSA) is 74.6 Å². The summed E-state index contributed by atoms with van der Waals surface area (Å²) in [6.07, 6.45) is 5.47. The molecule has 2 N–H and O–H groups in total. The van der Waals surface area contributed by atoms with Crippen LogP contribution in [0.1, 0.15) is 32.6 Å². The minimum absolute atomic E-state index is 0.385. The summed E-state index contributed by atoms with van der Waals surface area (Å²) < 4.78 is 0. The molecule has 0 aromatic heterocycles. The van der Waals surface area contributed by atoms with Gasteiger partial charge in [-0.3, -0.25) is 9.59 Å². The van der Waals surface area contributed by atoms with Gasteiger partial charge in [-0.2, -0.15) is 0 Å². The highest BCUT2D eigenvalue weighted by atomic mass is 16.4. The van der Waals surface area contributed by atoms with Gasteiger partial charge in [-0.25, -0.2) is 0 Å². The van der Waals surface area contributed by atoms with Crippen molar-refractivity contribution in [1.82, 2.24) is 0 Å². The quantitative estimate of drug-likeness (QED) is 0.698. The molecule has 2 atom stereocenters. The highest BCUT2D eigenvalue weighted by molar-refractivity contribution is 5.85. The molecule has 4 heteroatoms. The summed E-state index contributed by atoms with van der Waals surface area (Å²) in [5.74, 6) is -2.82. The number of carboxylic acids is 2. The van der Waals surface area contributed by atoms with Crippen molar-refractivity contribution in [2.45, 2.75) is 32.6 Å². The van der Waals surface area contributed by atoms with E-state index in [1.165, 1.54) is 0 Å². The van der Waals surface area contributed by atoms with Crippen LogP contribution in [-0.2, 0) is 9.59 Å². The zero-order chi connectivity index (χ0) is 11.5. The van der Waals surface area contributed by atoms with E-state index in [9.17, 15) is 14.7 Å². The van der Waals surface area contributed by atoms with E-state index in [1.807, 2.05) is 6.92 Å². The third kappa shape index (κ3) is 2.03. The second-order valence-electron chi connectivity index (χ2n) is 3.97. The Labute approximate surface area is 88.6 Å². The van der Waals surface area contributed by atoms with E-state index < -0.39 is 23.3 Å². The lowest BCUT2D eigenvalue weighted by atomic mass is 9.67. The van der Waals surface area contributed by atoms with Crippen LogP contribution in [0, 0.1) is 11.3 Å². The number of carbonyl (C=O) groups is 2. The van der Waals surface area contributed by atoms with Crippen molar-refractivity contribution in [3.8, 4) is 0 Å². The molecule has 0 radical (unpaired) electrons. The van der Waals surface area contributed by atoms with Crippen LogP contribution in [0.25, 0.3) is 0 Å². The Morgan fingerprint density at radius 2 is 2.13 bits per heavy atom. The molecule has 0 heterocycles.